The van der Waals surface area contributed by atoms with Crippen molar-refractivity contribution in [1.29, 1.82) is 0 Å². The highest BCUT2D eigenvalue weighted by molar-refractivity contribution is 7.09. The fraction of sp³-hybridized carbons (Fsp3) is 0.364. The summed E-state index contributed by atoms with van der Waals surface area (Å²) >= 11 is 2.87. The van der Waals surface area contributed by atoms with Crippen molar-refractivity contribution in [2.24, 2.45) is 0 Å². The third-order valence-corrected chi connectivity index (χ3v) is 4.04. The Morgan fingerprint density at radius 1 is 1.53 bits per heavy atom. The van der Waals surface area contributed by atoms with Crippen LogP contribution >= 0.6 is 22.9 Å². The number of carbonyl (C=O) groups excluding carboxylic acids is 1. The van der Waals surface area contributed by atoms with Crippen LogP contribution in [0.4, 0.5) is 0 Å². The second-order valence-corrected chi connectivity index (χ2v) is 5.27. The summed E-state index contributed by atoms with van der Waals surface area (Å²) in [6.07, 6.45) is 1.61. The van der Waals surface area contributed by atoms with Crippen LogP contribution in [0.2, 0.25) is 0 Å². The first-order valence-corrected chi connectivity index (χ1v) is 7.08. The summed E-state index contributed by atoms with van der Waals surface area (Å²) in [4.78, 5) is 13.8. The van der Waals surface area contributed by atoms with Gasteiger partial charge < -0.3 is 5.32 Å². The number of carbonyl (C=O) groups is 1. The number of rotatable bonds is 5. The van der Waals surface area contributed by atoms with Gasteiger partial charge in [-0.15, -0.1) is 16.4 Å². The standard InChI is InChI=1S/C11H13N3OS2/c1-2-9-10(17-14-13-9)11(15)12-6-5-8-4-3-7-16-8/h3-4,7H,2,5-6H2,1H3,(H,12,15). The minimum atomic E-state index is -0.0617. The molecule has 2 heterocycles. The van der Waals surface area contributed by atoms with Gasteiger partial charge in [-0.2, -0.15) is 0 Å². The average Bonchev–Trinajstić information content (AvgIpc) is 2.99. The largest absolute Gasteiger partial charge is 0.351 e. The molecule has 0 saturated heterocycles. The number of hydrogen-bond acceptors (Lipinski definition) is 5. The highest BCUT2D eigenvalue weighted by atomic mass is 32.1. The summed E-state index contributed by atoms with van der Waals surface area (Å²) < 4.78 is 3.80. The van der Waals surface area contributed by atoms with Gasteiger partial charge in [-0.3, -0.25) is 4.79 Å². The zero-order valence-corrected chi connectivity index (χ0v) is 11.1. The molecule has 1 amide bonds. The molecule has 4 nitrogen and oxygen atoms in total. The van der Waals surface area contributed by atoms with E-state index in [4.69, 9.17) is 0 Å². The molecule has 0 aliphatic carbocycles. The second kappa shape index (κ2) is 5.88. The Bertz CT molecular complexity index is 479. The van der Waals surface area contributed by atoms with Crippen molar-refractivity contribution in [3.8, 4) is 0 Å². The van der Waals surface area contributed by atoms with Crippen LogP contribution in [-0.4, -0.2) is 22.0 Å². The van der Waals surface area contributed by atoms with E-state index in [9.17, 15) is 4.79 Å². The molecule has 1 N–H and O–H groups in total. The fourth-order valence-electron chi connectivity index (χ4n) is 1.45. The van der Waals surface area contributed by atoms with Crippen molar-refractivity contribution in [1.82, 2.24) is 14.9 Å². The van der Waals surface area contributed by atoms with Gasteiger partial charge in [0.05, 0.1) is 5.69 Å². The maximum atomic E-state index is 11.8. The van der Waals surface area contributed by atoms with E-state index in [1.165, 1.54) is 4.88 Å². The lowest BCUT2D eigenvalue weighted by molar-refractivity contribution is 0.0957. The Hall–Kier alpha value is -1.27. The van der Waals surface area contributed by atoms with Crippen LogP contribution in [0.25, 0.3) is 0 Å². The maximum absolute atomic E-state index is 11.8. The number of amides is 1. The highest BCUT2D eigenvalue weighted by Gasteiger charge is 2.14. The van der Waals surface area contributed by atoms with Crippen molar-refractivity contribution in [3.05, 3.63) is 33.0 Å². The Morgan fingerprint density at radius 3 is 3.12 bits per heavy atom. The first kappa shape index (κ1) is 12.2. The third kappa shape index (κ3) is 3.10. The summed E-state index contributed by atoms with van der Waals surface area (Å²) in [5, 5.41) is 8.86. The molecule has 2 aromatic rings. The lowest BCUT2D eigenvalue weighted by atomic mass is 10.3. The number of thiophene rings is 1. The summed E-state index contributed by atoms with van der Waals surface area (Å²) in [5.41, 5.74) is 0.781. The predicted molar refractivity (Wildman–Crippen MR) is 69.6 cm³/mol. The van der Waals surface area contributed by atoms with E-state index < -0.39 is 0 Å². The Kier molecular flexibility index (Phi) is 4.22. The molecule has 17 heavy (non-hydrogen) atoms. The lowest BCUT2D eigenvalue weighted by Crippen LogP contribution is -2.25. The molecule has 0 aromatic carbocycles. The fourth-order valence-corrected chi connectivity index (χ4v) is 2.82. The van der Waals surface area contributed by atoms with E-state index in [2.05, 4.69) is 21.0 Å². The smallest absolute Gasteiger partial charge is 0.264 e. The first-order chi connectivity index (χ1) is 8.31. The average molecular weight is 267 g/mol. The van der Waals surface area contributed by atoms with Crippen molar-refractivity contribution in [2.75, 3.05) is 6.54 Å². The minimum Gasteiger partial charge on any atom is -0.351 e. The van der Waals surface area contributed by atoms with Gasteiger partial charge in [0, 0.05) is 11.4 Å². The van der Waals surface area contributed by atoms with Gasteiger partial charge in [0.2, 0.25) is 0 Å². The van der Waals surface area contributed by atoms with Gasteiger partial charge in [-0.25, -0.2) is 0 Å². The van der Waals surface area contributed by atoms with Crippen molar-refractivity contribution < 1.29 is 4.79 Å². The van der Waals surface area contributed by atoms with E-state index >= 15 is 0 Å². The molecule has 2 aromatic heterocycles. The Labute approximate surface area is 108 Å². The zero-order valence-electron chi connectivity index (χ0n) is 9.47. The molecule has 90 valence electrons. The van der Waals surface area contributed by atoms with Crippen LogP contribution in [0, 0.1) is 0 Å². The van der Waals surface area contributed by atoms with Gasteiger partial charge in [-0.05, 0) is 35.8 Å². The molecule has 0 atom stereocenters. The summed E-state index contributed by atoms with van der Waals surface area (Å²) in [5.74, 6) is -0.0617. The zero-order chi connectivity index (χ0) is 12.1. The van der Waals surface area contributed by atoms with Gasteiger partial charge in [0.15, 0.2) is 0 Å². The van der Waals surface area contributed by atoms with Crippen LogP contribution in [-0.2, 0) is 12.8 Å². The minimum absolute atomic E-state index is 0.0617. The molecular formula is C11H13N3OS2. The second-order valence-electron chi connectivity index (χ2n) is 3.49. The topological polar surface area (TPSA) is 54.9 Å². The number of aryl methyl sites for hydroxylation is 1. The van der Waals surface area contributed by atoms with Crippen LogP contribution in [0.3, 0.4) is 0 Å². The third-order valence-electron chi connectivity index (χ3n) is 2.33. The molecule has 6 heteroatoms. The van der Waals surface area contributed by atoms with Crippen molar-refractivity contribution >= 4 is 28.8 Å². The lowest BCUT2D eigenvalue weighted by Gasteiger charge is -2.02. The predicted octanol–water partition coefficient (Wildman–Crippen LogP) is 2.13. The van der Waals surface area contributed by atoms with Crippen LogP contribution in [0.15, 0.2) is 17.5 Å². The maximum Gasteiger partial charge on any atom is 0.264 e. The molecule has 0 radical (unpaired) electrons. The number of nitrogens with zero attached hydrogens (tertiary/aromatic N) is 2. The van der Waals surface area contributed by atoms with E-state index in [1.54, 1.807) is 11.3 Å². The van der Waals surface area contributed by atoms with Crippen LogP contribution < -0.4 is 5.32 Å². The Morgan fingerprint density at radius 2 is 2.41 bits per heavy atom. The molecule has 2 rings (SSSR count). The summed E-state index contributed by atoms with van der Waals surface area (Å²) in [7, 11) is 0. The molecule has 0 saturated carbocycles. The molecule has 0 aliphatic heterocycles. The van der Waals surface area contributed by atoms with Gasteiger partial charge in [0.1, 0.15) is 4.88 Å². The number of aromatic nitrogens is 2. The number of nitrogens with one attached hydrogen (secondary N) is 1. The van der Waals surface area contributed by atoms with E-state index in [0.29, 0.717) is 11.4 Å². The number of hydrogen-bond donors (Lipinski definition) is 1. The van der Waals surface area contributed by atoms with Gasteiger partial charge in [0.25, 0.3) is 5.91 Å². The SMILES string of the molecule is CCc1nnsc1C(=O)NCCc1cccs1. The molecule has 0 fully saturated rings. The Balaban J connectivity index is 1.85. The molecular weight excluding hydrogens is 254 g/mol. The highest BCUT2D eigenvalue weighted by Crippen LogP contribution is 2.11. The molecule has 0 bridgehead atoms. The van der Waals surface area contributed by atoms with Gasteiger partial charge in [-0.1, -0.05) is 17.5 Å². The molecule has 0 unspecified atom stereocenters. The van der Waals surface area contributed by atoms with Gasteiger partial charge >= 0.3 is 0 Å². The quantitative estimate of drug-likeness (QED) is 0.903. The summed E-state index contributed by atoms with van der Waals surface area (Å²) in [6, 6.07) is 4.09. The monoisotopic (exact) mass is 267 g/mol. The van der Waals surface area contributed by atoms with E-state index in [1.807, 2.05) is 18.4 Å². The first-order valence-electron chi connectivity index (χ1n) is 5.43. The van der Waals surface area contributed by atoms with Crippen LogP contribution in [0.1, 0.15) is 27.2 Å². The van der Waals surface area contributed by atoms with E-state index in [0.717, 1.165) is 30.1 Å². The van der Waals surface area contributed by atoms with Crippen LogP contribution in [0.5, 0.6) is 0 Å². The normalized spacial score (nSPS) is 10.4. The molecule has 0 aliphatic rings. The summed E-state index contributed by atoms with van der Waals surface area (Å²) in [6.45, 7) is 2.62. The van der Waals surface area contributed by atoms with Crippen molar-refractivity contribution in [2.45, 2.75) is 19.8 Å². The van der Waals surface area contributed by atoms with Crippen molar-refractivity contribution in [3.63, 3.8) is 0 Å². The van der Waals surface area contributed by atoms with E-state index in [-0.39, 0.29) is 5.91 Å². The molecule has 0 spiro atoms.